The molecule has 4 N–H and O–H groups in total. The van der Waals surface area contributed by atoms with Crippen molar-refractivity contribution in [3.63, 3.8) is 0 Å². The molecule has 8 heteroatoms. The molecule has 8 nitrogen and oxygen atoms in total. The molecule has 0 unspecified atom stereocenters. The van der Waals surface area contributed by atoms with Crippen molar-refractivity contribution in [2.24, 2.45) is 0 Å². The molecule has 0 saturated carbocycles. The van der Waals surface area contributed by atoms with Crippen LogP contribution in [-0.2, 0) is 9.59 Å². The Hall–Kier alpha value is -3.68. The zero-order valence-electron chi connectivity index (χ0n) is 12.9. The van der Waals surface area contributed by atoms with Gasteiger partial charge < -0.3 is 20.8 Å². The van der Waals surface area contributed by atoms with Crippen LogP contribution in [0.4, 0.5) is 11.4 Å². The van der Waals surface area contributed by atoms with E-state index >= 15 is 0 Å². The molecular weight excluding hydrogens is 328 g/mol. The fourth-order valence-corrected chi connectivity index (χ4v) is 1.95. The summed E-state index contributed by atoms with van der Waals surface area (Å²) in [5, 5.41) is 22.5. The van der Waals surface area contributed by atoms with Gasteiger partial charge in [-0.15, -0.1) is 0 Å². The number of carbonyl (C=O) groups excluding carboxylic acids is 2. The van der Waals surface area contributed by atoms with E-state index in [1.165, 1.54) is 48.5 Å². The number of hydrogen-bond acceptors (Lipinski definition) is 4. The highest BCUT2D eigenvalue weighted by molar-refractivity contribution is 6.08. The van der Waals surface area contributed by atoms with Crippen LogP contribution in [0.25, 0.3) is 0 Å². The number of carboxylic acid groups (broad SMARTS) is 2. The van der Waals surface area contributed by atoms with Crippen molar-refractivity contribution in [3.8, 4) is 0 Å². The Labute approximate surface area is 142 Å². The molecule has 2 amide bonds. The van der Waals surface area contributed by atoms with E-state index in [4.69, 9.17) is 10.2 Å². The second-order valence-corrected chi connectivity index (χ2v) is 5.04. The molecule has 0 saturated heterocycles. The molecule has 128 valence electrons. The van der Waals surface area contributed by atoms with Crippen LogP contribution in [0.3, 0.4) is 0 Å². The van der Waals surface area contributed by atoms with Crippen molar-refractivity contribution in [2.75, 3.05) is 10.6 Å². The molecule has 0 atom stereocenters. The highest BCUT2D eigenvalue weighted by atomic mass is 16.4. The maximum absolute atomic E-state index is 11.8. The molecule has 2 rings (SSSR count). The second kappa shape index (κ2) is 7.73. The summed E-state index contributed by atoms with van der Waals surface area (Å²) in [5.41, 5.74) is 0.906. The summed E-state index contributed by atoms with van der Waals surface area (Å²) >= 11 is 0. The number of carboxylic acids is 2. The van der Waals surface area contributed by atoms with Crippen LogP contribution in [0.5, 0.6) is 0 Å². The van der Waals surface area contributed by atoms with Crippen molar-refractivity contribution in [3.05, 3.63) is 59.7 Å². The van der Waals surface area contributed by atoms with Gasteiger partial charge in [-0.2, -0.15) is 0 Å². The third-order valence-corrected chi connectivity index (χ3v) is 3.15. The maximum Gasteiger partial charge on any atom is 0.335 e. The average Bonchev–Trinajstić information content (AvgIpc) is 2.55. The van der Waals surface area contributed by atoms with Gasteiger partial charge in [0.05, 0.1) is 11.1 Å². The SMILES string of the molecule is O=C(CC(=O)Nc1ccc(C(=O)O)cc1)Nc1ccc(C(=O)O)cc1. The third-order valence-electron chi connectivity index (χ3n) is 3.15. The van der Waals surface area contributed by atoms with Crippen LogP contribution in [0.1, 0.15) is 27.1 Å². The summed E-state index contributed by atoms with van der Waals surface area (Å²) < 4.78 is 0. The summed E-state index contributed by atoms with van der Waals surface area (Å²) in [5.74, 6) is -3.29. The van der Waals surface area contributed by atoms with Gasteiger partial charge in [-0.3, -0.25) is 9.59 Å². The molecule has 0 radical (unpaired) electrons. The third kappa shape index (κ3) is 5.17. The predicted molar refractivity (Wildman–Crippen MR) is 88.7 cm³/mol. The zero-order chi connectivity index (χ0) is 18.4. The van der Waals surface area contributed by atoms with Crippen molar-refractivity contribution in [1.29, 1.82) is 0 Å². The molecule has 25 heavy (non-hydrogen) atoms. The van der Waals surface area contributed by atoms with E-state index in [9.17, 15) is 19.2 Å². The van der Waals surface area contributed by atoms with Crippen molar-refractivity contribution >= 4 is 35.1 Å². The Morgan fingerprint density at radius 2 is 0.960 bits per heavy atom. The Morgan fingerprint density at radius 3 is 1.24 bits per heavy atom. The normalized spacial score (nSPS) is 9.92. The first-order valence-electron chi connectivity index (χ1n) is 7.11. The van der Waals surface area contributed by atoms with E-state index < -0.39 is 30.2 Å². The lowest BCUT2D eigenvalue weighted by molar-refractivity contribution is -0.123. The van der Waals surface area contributed by atoms with E-state index in [1.807, 2.05) is 0 Å². The Kier molecular flexibility index (Phi) is 5.47. The molecule has 0 aromatic heterocycles. The van der Waals surface area contributed by atoms with Gasteiger partial charge in [0.1, 0.15) is 6.42 Å². The van der Waals surface area contributed by atoms with E-state index in [0.29, 0.717) is 11.4 Å². The van der Waals surface area contributed by atoms with E-state index in [0.717, 1.165) is 0 Å². The first kappa shape index (κ1) is 17.7. The summed E-state index contributed by atoms with van der Waals surface area (Å²) in [7, 11) is 0. The minimum absolute atomic E-state index is 0.0838. The van der Waals surface area contributed by atoms with Gasteiger partial charge in [-0.25, -0.2) is 9.59 Å². The fraction of sp³-hybridized carbons (Fsp3) is 0.0588. The van der Waals surface area contributed by atoms with Gasteiger partial charge in [-0.1, -0.05) is 0 Å². The largest absolute Gasteiger partial charge is 0.478 e. The van der Waals surface area contributed by atoms with Crippen molar-refractivity contribution < 1.29 is 29.4 Å². The topological polar surface area (TPSA) is 133 Å². The molecule has 0 heterocycles. The molecule has 0 aliphatic rings. The van der Waals surface area contributed by atoms with Crippen LogP contribution in [0.2, 0.25) is 0 Å². The lowest BCUT2D eigenvalue weighted by atomic mass is 10.2. The summed E-state index contributed by atoms with van der Waals surface area (Å²) in [6, 6.07) is 11.0. The number of anilines is 2. The van der Waals surface area contributed by atoms with Gasteiger partial charge in [-0.05, 0) is 48.5 Å². The highest BCUT2D eigenvalue weighted by Gasteiger charge is 2.11. The Bertz CT molecular complexity index is 743. The Morgan fingerprint density at radius 1 is 0.640 bits per heavy atom. The number of carbonyl (C=O) groups is 4. The highest BCUT2D eigenvalue weighted by Crippen LogP contribution is 2.12. The van der Waals surface area contributed by atoms with Crippen molar-refractivity contribution in [1.82, 2.24) is 0 Å². The predicted octanol–water partition coefficient (Wildman–Crippen LogP) is 2.05. The van der Waals surface area contributed by atoms with E-state index in [2.05, 4.69) is 10.6 Å². The smallest absolute Gasteiger partial charge is 0.335 e. The minimum Gasteiger partial charge on any atom is -0.478 e. The van der Waals surface area contributed by atoms with E-state index in [1.54, 1.807) is 0 Å². The number of rotatable bonds is 6. The summed E-state index contributed by atoms with van der Waals surface area (Å²) in [4.78, 5) is 45.1. The maximum atomic E-state index is 11.8. The number of benzene rings is 2. The van der Waals surface area contributed by atoms with Crippen LogP contribution >= 0.6 is 0 Å². The Balaban J connectivity index is 1.88. The standard InChI is InChI=1S/C17H14N2O6/c20-14(18-12-5-1-10(2-6-12)16(22)23)9-15(21)19-13-7-3-11(4-8-13)17(24)25/h1-8H,9H2,(H,18,20)(H,19,21)(H,22,23)(H,24,25). The first-order valence-corrected chi connectivity index (χ1v) is 7.11. The van der Waals surface area contributed by atoms with Crippen LogP contribution in [0, 0.1) is 0 Å². The van der Waals surface area contributed by atoms with Crippen LogP contribution in [-0.4, -0.2) is 34.0 Å². The van der Waals surface area contributed by atoms with E-state index in [-0.39, 0.29) is 11.1 Å². The lowest BCUT2D eigenvalue weighted by Gasteiger charge is -2.07. The number of hydrogen-bond donors (Lipinski definition) is 4. The van der Waals surface area contributed by atoms with Gasteiger partial charge in [0, 0.05) is 11.4 Å². The van der Waals surface area contributed by atoms with Crippen LogP contribution < -0.4 is 10.6 Å². The minimum atomic E-state index is -1.08. The van der Waals surface area contributed by atoms with Crippen molar-refractivity contribution in [2.45, 2.75) is 6.42 Å². The summed E-state index contributed by atoms with van der Waals surface area (Å²) in [6.45, 7) is 0. The molecular formula is C17H14N2O6. The number of aromatic carboxylic acids is 2. The molecule has 0 spiro atoms. The molecule has 0 aliphatic carbocycles. The van der Waals surface area contributed by atoms with Gasteiger partial charge in [0.15, 0.2) is 0 Å². The lowest BCUT2D eigenvalue weighted by Crippen LogP contribution is -2.21. The zero-order valence-corrected chi connectivity index (χ0v) is 12.9. The molecule has 0 fully saturated rings. The average molecular weight is 342 g/mol. The second-order valence-electron chi connectivity index (χ2n) is 5.04. The quantitative estimate of drug-likeness (QED) is 0.594. The molecule has 0 bridgehead atoms. The molecule has 2 aromatic rings. The van der Waals surface area contributed by atoms with Gasteiger partial charge in [0.25, 0.3) is 0 Å². The monoisotopic (exact) mass is 342 g/mol. The molecule has 2 aromatic carbocycles. The van der Waals surface area contributed by atoms with Gasteiger partial charge in [0.2, 0.25) is 11.8 Å². The van der Waals surface area contributed by atoms with Gasteiger partial charge >= 0.3 is 11.9 Å². The fourth-order valence-electron chi connectivity index (χ4n) is 1.95. The number of nitrogens with one attached hydrogen (secondary N) is 2. The summed E-state index contributed by atoms with van der Waals surface area (Å²) in [6.07, 6.45) is -0.443. The first-order chi connectivity index (χ1) is 11.8. The molecule has 0 aliphatic heterocycles. The number of amides is 2. The van der Waals surface area contributed by atoms with Crippen LogP contribution in [0.15, 0.2) is 48.5 Å².